The SMILES string of the molecule is Cc1ccc(C)c(-c2c3ccccc3c(-c3cccc(-c4ccccn4)c3)c3ccccc23)c1. The summed E-state index contributed by atoms with van der Waals surface area (Å²) in [7, 11) is 0. The molecule has 6 aromatic rings. The first kappa shape index (κ1) is 20.4. The molecule has 0 unspecified atom stereocenters. The van der Waals surface area contributed by atoms with Gasteiger partial charge in [-0.3, -0.25) is 4.98 Å². The first-order valence-corrected chi connectivity index (χ1v) is 11.7. The Kier molecular flexibility index (Phi) is 4.96. The number of hydrogen-bond acceptors (Lipinski definition) is 1. The van der Waals surface area contributed by atoms with Crippen molar-refractivity contribution in [3.8, 4) is 33.5 Å². The lowest BCUT2D eigenvalue weighted by Crippen LogP contribution is -1.93. The molecule has 6 rings (SSSR count). The lowest BCUT2D eigenvalue weighted by Gasteiger charge is -2.19. The van der Waals surface area contributed by atoms with Gasteiger partial charge in [-0.15, -0.1) is 0 Å². The van der Waals surface area contributed by atoms with Crippen LogP contribution in [0.15, 0.2) is 115 Å². The second-order valence-electron chi connectivity index (χ2n) is 8.96. The molecular formula is C33H25N. The van der Waals surface area contributed by atoms with Gasteiger partial charge in [-0.25, -0.2) is 0 Å². The molecule has 5 aromatic carbocycles. The van der Waals surface area contributed by atoms with Crippen molar-refractivity contribution in [3.63, 3.8) is 0 Å². The smallest absolute Gasteiger partial charge is 0.0702 e. The van der Waals surface area contributed by atoms with E-state index in [1.54, 1.807) is 0 Å². The number of fused-ring (bicyclic) bond motifs is 2. The van der Waals surface area contributed by atoms with Crippen LogP contribution in [0, 0.1) is 13.8 Å². The highest BCUT2D eigenvalue weighted by atomic mass is 14.7. The Morgan fingerprint density at radius 3 is 1.76 bits per heavy atom. The highest BCUT2D eigenvalue weighted by Crippen LogP contribution is 2.44. The summed E-state index contributed by atoms with van der Waals surface area (Å²) < 4.78 is 0. The van der Waals surface area contributed by atoms with Gasteiger partial charge in [0.05, 0.1) is 5.69 Å². The highest BCUT2D eigenvalue weighted by molar-refractivity contribution is 6.21. The van der Waals surface area contributed by atoms with Crippen molar-refractivity contribution in [2.45, 2.75) is 13.8 Å². The van der Waals surface area contributed by atoms with E-state index in [1.165, 1.54) is 54.9 Å². The minimum absolute atomic E-state index is 0.991. The molecule has 162 valence electrons. The Morgan fingerprint density at radius 2 is 1.12 bits per heavy atom. The van der Waals surface area contributed by atoms with Crippen molar-refractivity contribution in [2.24, 2.45) is 0 Å². The standard InChI is InChI=1S/C33H25N/c1-22-17-18-23(2)30(20-22)33-28-14-5-3-12-26(28)32(27-13-4-6-15-29(27)33)25-11-9-10-24(21-25)31-16-7-8-19-34-31/h3-21H,1-2H3. The number of benzene rings is 5. The lowest BCUT2D eigenvalue weighted by molar-refractivity contribution is 1.33. The molecule has 0 N–H and O–H groups in total. The Hall–Kier alpha value is -4.23. The second kappa shape index (κ2) is 8.28. The molecule has 0 atom stereocenters. The maximum absolute atomic E-state index is 4.58. The summed E-state index contributed by atoms with van der Waals surface area (Å²) in [6.45, 7) is 4.38. The van der Waals surface area contributed by atoms with Crippen LogP contribution in [0.1, 0.15) is 11.1 Å². The van der Waals surface area contributed by atoms with Crippen LogP contribution >= 0.6 is 0 Å². The number of aryl methyl sites for hydroxylation is 2. The summed E-state index contributed by atoms with van der Waals surface area (Å²) in [4.78, 5) is 4.58. The van der Waals surface area contributed by atoms with Gasteiger partial charge < -0.3 is 0 Å². The minimum Gasteiger partial charge on any atom is -0.256 e. The quantitative estimate of drug-likeness (QED) is 0.253. The predicted octanol–water partition coefficient (Wildman–Crippen LogP) is 9.01. The van der Waals surface area contributed by atoms with Gasteiger partial charge in [-0.05, 0) is 81.4 Å². The van der Waals surface area contributed by atoms with E-state index in [4.69, 9.17) is 0 Å². The minimum atomic E-state index is 0.991. The summed E-state index contributed by atoms with van der Waals surface area (Å²) in [5, 5.41) is 5.12. The molecule has 0 aliphatic rings. The molecular weight excluding hydrogens is 410 g/mol. The van der Waals surface area contributed by atoms with Crippen molar-refractivity contribution < 1.29 is 0 Å². The fourth-order valence-electron chi connectivity index (χ4n) is 5.10. The van der Waals surface area contributed by atoms with Gasteiger partial charge in [-0.1, -0.05) is 96.6 Å². The van der Waals surface area contributed by atoms with Crippen LogP contribution < -0.4 is 0 Å². The molecule has 1 heterocycles. The molecule has 0 amide bonds. The number of nitrogens with zero attached hydrogens (tertiary/aromatic N) is 1. The first-order chi connectivity index (χ1) is 16.7. The van der Waals surface area contributed by atoms with E-state index in [-0.39, 0.29) is 0 Å². The van der Waals surface area contributed by atoms with Crippen LogP contribution in [0.3, 0.4) is 0 Å². The van der Waals surface area contributed by atoms with Gasteiger partial charge in [-0.2, -0.15) is 0 Å². The summed E-state index contributed by atoms with van der Waals surface area (Å²) in [5.41, 5.74) is 9.81. The van der Waals surface area contributed by atoms with Crippen LogP contribution in [0.4, 0.5) is 0 Å². The maximum atomic E-state index is 4.58. The van der Waals surface area contributed by atoms with Gasteiger partial charge in [0.2, 0.25) is 0 Å². The number of aromatic nitrogens is 1. The molecule has 0 bridgehead atoms. The number of hydrogen-bond donors (Lipinski definition) is 0. The Labute approximate surface area is 200 Å². The average Bonchev–Trinajstić information content (AvgIpc) is 2.89. The van der Waals surface area contributed by atoms with Crippen molar-refractivity contribution in [1.29, 1.82) is 0 Å². The third kappa shape index (κ3) is 3.38. The molecule has 0 saturated carbocycles. The molecule has 0 aliphatic heterocycles. The molecule has 0 spiro atoms. The van der Waals surface area contributed by atoms with E-state index in [1.807, 2.05) is 18.3 Å². The normalized spacial score (nSPS) is 11.2. The van der Waals surface area contributed by atoms with Crippen LogP contribution in [-0.4, -0.2) is 4.98 Å². The van der Waals surface area contributed by atoms with E-state index in [0.29, 0.717) is 0 Å². The summed E-state index contributed by atoms with van der Waals surface area (Å²) in [5.74, 6) is 0. The number of pyridine rings is 1. The van der Waals surface area contributed by atoms with E-state index in [9.17, 15) is 0 Å². The molecule has 1 heteroatoms. The molecule has 1 nitrogen and oxygen atoms in total. The van der Waals surface area contributed by atoms with Gasteiger partial charge in [0.15, 0.2) is 0 Å². The van der Waals surface area contributed by atoms with Gasteiger partial charge in [0.1, 0.15) is 0 Å². The molecule has 34 heavy (non-hydrogen) atoms. The Balaban J connectivity index is 1.72. The molecule has 1 aromatic heterocycles. The Bertz CT molecular complexity index is 1600. The number of rotatable bonds is 3. The largest absolute Gasteiger partial charge is 0.256 e. The summed E-state index contributed by atoms with van der Waals surface area (Å²) in [6.07, 6.45) is 1.85. The second-order valence-corrected chi connectivity index (χ2v) is 8.96. The third-order valence-corrected chi connectivity index (χ3v) is 6.71. The van der Waals surface area contributed by atoms with Crippen LogP contribution in [-0.2, 0) is 0 Å². The zero-order valence-corrected chi connectivity index (χ0v) is 19.4. The fraction of sp³-hybridized carbons (Fsp3) is 0.0606. The zero-order chi connectivity index (χ0) is 23.1. The van der Waals surface area contributed by atoms with Crippen molar-refractivity contribution >= 4 is 21.5 Å². The highest BCUT2D eigenvalue weighted by Gasteiger charge is 2.17. The van der Waals surface area contributed by atoms with E-state index in [0.717, 1.165) is 11.3 Å². The van der Waals surface area contributed by atoms with Crippen LogP contribution in [0.5, 0.6) is 0 Å². The van der Waals surface area contributed by atoms with Crippen LogP contribution in [0.25, 0.3) is 55.1 Å². The van der Waals surface area contributed by atoms with Gasteiger partial charge in [0, 0.05) is 11.8 Å². The van der Waals surface area contributed by atoms with E-state index < -0.39 is 0 Å². The molecule has 0 aliphatic carbocycles. The summed E-state index contributed by atoms with van der Waals surface area (Å²) >= 11 is 0. The van der Waals surface area contributed by atoms with E-state index >= 15 is 0 Å². The Morgan fingerprint density at radius 1 is 0.500 bits per heavy atom. The topological polar surface area (TPSA) is 12.9 Å². The van der Waals surface area contributed by atoms with Gasteiger partial charge in [0.25, 0.3) is 0 Å². The van der Waals surface area contributed by atoms with Crippen molar-refractivity contribution in [3.05, 3.63) is 127 Å². The van der Waals surface area contributed by atoms with Crippen molar-refractivity contribution in [2.75, 3.05) is 0 Å². The average molecular weight is 436 g/mol. The molecule has 0 fully saturated rings. The fourth-order valence-corrected chi connectivity index (χ4v) is 5.10. The lowest BCUT2D eigenvalue weighted by atomic mass is 9.84. The van der Waals surface area contributed by atoms with E-state index in [2.05, 4.69) is 116 Å². The molecule has 0 saturated heterocycles. The predicted molar refractivity (Wildman–Crippen MR) is 145 cm³/mol. The maximum Gasteiger partial charge on any atom is 0.0702 e. The van der Waals surface area contributed by atoms with Gasteiger partial charge >= 0.3 is 0 Å². The molecule has 0 radical (unpaired) electrons. The zero-order valence-electron chi connectivity index (χ0n) is 19.4. The van der Waals surface area contributed by atoms with Crippen LogP contribution in [0.2, 0.25) is 0 Å². The monoisotopic (exact) mass is 435 g/mol. The summed E-state index contributed by atoms with van der Waals surface area (Å²) in [6, 6.07) is 39.3. The first-order valence-electron chi connectivity index (χ1n) is 11.7. The third-order valence-electron chi connectivity index (χ3n) is 6.71. The van der Waals surface area contributed by atoms with Crippen molar-refractivity contribution in [1.82, 2.24) is 4.98 Å².